The molecule has 0 aliphatic carbocycles. The van der Waals surface area contributed by atoms with E-state index in [2.05, 4.69) is 5.10 Å². The van der Waals surface area contributed by atoms with E-state index in [9.17, 15) is 0 Å². The van der Waals surface area contributed by atoms with Crippen LogP contribution in [0, 0.1) is 24.7 Å². The van der Waals surface area contributed by atoms with Crippen LogP contribution < -0.4 is 0 Å². The summed E-state index contributed by atoms with van der Waals surface area (Å²) in [6.45, 7) is 3.99. The van der Waals surface area contributed by atoms with E-state index in [4.69, 9.17) is 22.4 Å². The number of amidine groups is 2. The summed E-state index contributed by atoms with van der Waals surface area (Å²) < 4.78 is 0. The Morgan fingerprint density at radius 3 is 2.46 bits per heavy atom. The highest BCUT2D eigenvalue weighted by Crippen LogP contribution is 2.24. The van der Waals surface area contributed by atoms with Crippen LogP contribution >= 0.6 is 23.4 Å². The Bertz CT molecular complexity index is 843. The summed E-state index contributed by atoms with van der Waals surface area (Å²) in [6.07, 6.45) is 0. The van der Waals surface area contributed by atoms with E-state index in [0.717, 1.165) is 16.8 Å². The molecule has 2 N–H and O–H groups in total. The average Bonchev–Trinajstić information content (AvgIpc) is 2.55. The van der Waals surface area contributed by atoms with Crippen molar-refractivity contribution in [2.24, 2.45) is 5.10 Å². The summed E-state index contributed by atoms with van der Waals surface area (Å²) >= 11 is 7.63. The average molecular weight is 357 g/mol. The van der Waals surface area contributed by atoms with Crippen LogP contribution in [-0.4, -0.2) is 27.5 Å². The van der Waals surface area contributed by atoms with E-state index in [1.54, 1.807) is 6.07 Å². The summed E-state index contributed by atoms with van der Waals surface area (Å²) in [4.78, 5) is 0. The van der Waals surface area contributed by atoms with Gasteiger partial charge in [-0.25, -0.2) is 0 Å². The number of benzene rings is 2. The van der Waals surface area contributed by atoms with Crippen LogP contribution in [0.2, 0.25) is 5.02 Å². The molecule has 0 spiro atoms. The smallest absolute Gasteiger partial charge is 0.183 e. The molecule has 0 bridgehead atoms. The first-order valence-electron chi connectivity index (χ1n) is 7.47. The number of nitrogens with one attached hydrogen (secondary N) is 2. The zero-order valence-corrected chi connectivity index (χ0v) is 15.0. The van der Waals surface area contributed by atoms with Crippen molar-refractivity contribution in [3.63, 3.8) is 0 Å². The fraction of sp³-hybridized carbons (Fsp3) is 0.167. The van der Waals surface area contributed by atoms with Crippen molar-refractivity contribution in [1.82, 2.24) is 5.01 Å². The summed E-state index contributed by atoms with van der Waals surface area (Å²) in [5, 5.41) is 23.2. The molecule has 6 heteroatoms. The normalized spacial score (nSPS) is 14.5. The quantitative estimate of drug-likeness (QED) is 0.606. The molecule has 0 saturated heterocycles. The standard InChI is InChI=1S/C18H17ClN4S/c1-11-3-6-13(7-4-11)16-10-24-18(21)23(22-16)17(20)14-8-5-12(2)9-15(14)19/h3-9,20-21H,10H2,1-2H3. The number of nitrogens with zero attached hydrogens (tertiary/aromatic N) is 2. The van der Waals surface area contributed by atoms with Crippen LogP contribution in [0.15, 0.2) is 47.6 Å². The Hall–Kier alpha value is -2.11. The van der Waals surface area contributed by atoms with Gasteiger partial charge in [0.1, 0.15) is 0 Å². The lowest BCUT2D eigenvalue weighted by Gasteiger charge is -2.26. The summed E-state index contributed by atoms with van der Waals surface area (Å²) in [6, 6.07) is 13.6. The molecule has 0 unspecified atom stereocenters. The number of hydrazone groups is 1. The molecule has 0 aromatic heterocycles. The molecule has 0 amide bonds. The second kappa shape index (κ2) is 6.79. The molecule has 0 radical (unpaired) electrons. The van der Waals surface area contributed by atoms with Crippen LogP contribution in [0.5, 0.6) is 0 Å². The fourth-order valence-corrected chi connectivity index (χ4v) is 3.43. The largest absolute Gasteiger partial charge is 0.282 e. The number of hydrogen-bond donors (Lipinski definition) is 2. The Morgan fingerprint density at radius 1 is 1.12 bits per heavy atom. The summed E-state index contributed by atoms with van der Waals surface area (Å²) in [5.41, 5.74) is 4.65. The molecule has 0 atom stereocenters. The molecule has 3 rings (SSSR count). The monoisotopic (exact) mass is 356 g/mol. The first-order valence-corrected chi connectivity index (χ1v) is 8.83. The van der Waals surface area contributed by atoms with E-state index >= 15 is 0 Å². The molecule has 1 heterocycles. The summed E-state index contributed by atoms with van der Waals surface area (Å²) in [5.74, 6) is 0.731. The molecule has 24 heavy (non-hydrogen) atoms. The molecule has 1 aliphatic heterocycles. The van der Waals surface area contributed by atoms with Crippen LogP contribution in [0.25, 0.3) is 0 Å². The molecular weight excluding hydrogens is 340 g/mol. The van der Waals surface area contributed by atoms with Gasteiger partial charge in [0.15, 0.2) is 11.0 Å². The molecule has 4 nitrogen and oxygen atoms in total. The SMILES string of the molecule is Cc1ccc(C2=NN(C(=N)c3ccc(C)cc3Cl)C(=N)SC2)cc1. The number of thioether (sulfide) groups is 1. The second-order valence-electron chi connectivity index (χ2n) is 5.65. The molecule has 2 aromatic carbocycles. The molecule has 0 fully saturated rings. The van der Waals surface area contributed by atoms with Gasteiger partial charge in [-0.2, -0.15) is 10.1 Å². The first kappa shape index (κ1) is 16.7. The molecule has 1 aliphatic rings. The predicted octanol–water partition coefficient (Wildman–Crippen LogP) is 4.67. The van der Waals surface area contributed by atoms with Crippen molar-refractivity contribution in [1.29, 1.82) is 10.8 Å². The maximum Gasteiger partial charge on any atom is 0.183 e. The minimum atomic E-state index is 0.113. The Labute approximate surface area is 150 Å². The van der Waals surface area contributed by atoms with E-state index in [1.165, 1.54) is 22.3 Å². The molecule has 0 saturated carbocycles. The van der Waals surface area contributed by atoms with E-state index in [0.29, 0.717) is 16.3 Å². The van der Waals surface area contributed by atoms with Gasteiger partial charge in [-0.05, 0) is 37.1 Å². The van der Waals surface area contributed by atoms with E-state index < -0.39 is 0 Å². The van der Waals surface area contributed by atoms with Gasteiger partial charge in [0.25, 0.3) is 0 Å². The number of rotatable bonds is 2. The minimum absolute atomic E-state index is 0.113. The Balaban J connectivity index is 1.95. The summed E-state index contributed by atoms with van der Waals surface area (Å²) in [7, 11) is 0. The van der Waals surface area contributed by atoms with Gasteiger partial charge >= 0.3 is 0 Å². The van der Waals surface area contributed by atoms with Crippen molar-refractivity contribution < 1.29 is 0 Å². The fourth-order valence-electron chi connectivity index (χ4n) is 2.36. The van der Waals surface area contributed by atoms with Gasteiger partial charge in [0, 0.05) is 11.3 Å². The van der Waals surface area contributed by atoms with Crippen molar-refractivity contribution in [3.8, 4) is 0 Å². The third-order valence-corrected chi connectivity index (χ3v) is 4.91. The second-order valence-corrected chi connectivity index (χ2v) is 7.02. The van der Waals surface area contributed by atoms with Crippen LogP contribution in [0.3, 0.4) is 0 Å². The van der Waals surface area contributed by atoms with Gasteiger partial charge < -0.3 is 0 Å². The van der Waals surface area contributed by atoms with E-state index in [-0.39, 0.29) is 11.0 Å². The Morgan fingerprint density at radius 2 is 1.79 bits per heavy atom. The third-order valence-electron chi connectivity index (χ3n) is 3.73. The van der Waals surface area contributed by atoms with Crippen LogP contribution in [0.1, 0.15) is 22.3 Å². The van der Waals surface area contributed by atoms with Crippen molar-refractivity contribution in [3.05, 3.63) is 69.7 Å². The van der Waals surface area contributed by atoms with Crippen molar-refractivity contribution in [2.45, 2.75) is 13.8 Å². The topological polar surface area (TPSA) is 63.3 Å². The first-order chi connectivity index (χ1) is 11.5. The predicted molar refractivity (Wildman–Crippen MR) is 103 cm³/mol. The van der Waals surface area contributed by atoms with Crippen molar-refractivity contribution >= 4 is 40.1 Å². The van der Waals surface area contributed by atoms with E-state index in [1.807, 2.05) is 50.2 Å². The number of aryl methyl sites for hydroxylation is 2. The van der Waals surface area contributed by atoms with Gasteiger partial charge in [-0.3, -0.25) is 10.8 Å². The lowest BCUT2D eigenvalue weighted by Crippen LogP contribution is -2.35. The zero-order valence-electron chi connectivity index (χ0n) is 13.4. The highest BCUT2D eigenvalue weighted by Gasteiger charge is 2.24. The minimum Gasteiger partial charge on any atom is -0.282 e. The number of hydrogen-bond acceptors (Lipinski definition) is 4. The highest BCUT2D eigenvalue weighted by molar-refractivity contribution is 8.14. The van der Waals surface area contributed by atoms with Crippen LogP contribution in [-0.2, 0) is 0 Å². The number of halogens is 1. The van der Waals surface area contributed by atoms with Crippen molar-refractivity contribution in [2.75, 3.05) is 5.75 Å². The van der Waals surface area contributed by atoms with Gasteiger partial charge in [-0.15, -0.1) is 0 Å². The third kappa shape index (κ3) is 3.37. The lowest BCUT2D eigenvalue weighted by molar-refractivity contribution is 0.661. The zero-order chi connectivity index (χ0) is 17.3. The van der Waals surface area contributed by atoms with Crippen LogP contribution in [0.4, 0.5) is 0 Å². The van der Waals surface area contributed by atoms with Gasteiger partial charge in [0.2, 0.25) is 0 Å². The molecular formula is C18H17ClN4S. The van der Waals surface area contributed by atoms with Gasteiger partial charge in [-0.1, -0.05) is 59.3 Å². The maximum absolute atomic E-state index is 8.43. The lowest BCUT2D eigenvalue weighted by atomic mass is 10.1. The highest BCUT2D eigenvalue weighted by atomic mass is 35.5. The van der Waals surface area contributed by atoms with Gasteiger partial charge in [0.05, 0.1) is 10.7 Å². The maximum atomic E-state index is 8.43. The molecule has 2 aromatic rings. The Kier molecular flexibility index (Phi) is 4.73. The molecule has 122 valence electrons.